The Bertz CT molecular complexity index is 828. The molecule has 0 aliphatic carbocycles. The summed E-state index contributed by atoms with van der Waals surface area (Å²) in [5.41, 5.74) is 1.70. The van der Waals surface area contributed by atoms with Crippen LogP contribution in [0.1, 0.15) is 23.5 Å². The molecular formula is C17H15BrFNO3S. The number of hydrogen-bond acceptors (Lipinski definition) is 4. The third-order valence-electron chi connectivity index (χ3n) is 4.03. The molecule has 0 spiro atoms. The molecule has 1 N–H and O–H groups in total. The van der Waals surface area contributed by atoms with Crippen LogP contribution in [0.3, 0.4) is 0 Å². The van der Waals surface area contributed by atoms with Gasteiger partial charge in [-0.15, -0.1) is 12.6 Å². The molecule has 1 atom stereocenters. The fraction of sp³-hybridized carbons (Fsp3) is 0.235. The van der Waals surface area contributed by atoms with Crippen molar-refractivity contribution in [2.75, 3.05) is 19.5 Å². The second-order valence-electron chi connectivity index (χ2n) is 5.39. The highest BCUT2D eigenvalue weighted by atomic mass is 79.9. The number of anilines is 1. The van der Waals surface area contributed by atoms with Crippen LogP contribution in [0, 0.1) is 5.82 Å². The van der Waals surface area contributed by atoms with E-state index in [1.807, 2.05) is 0 Å². The Balaban J connectivity index is 2.26. The predicted molar refractivity (Wildman–Crippen MR) is 96.0 cm³/mol. The molecule has 0 aromatic heterocycles. The topological polar surface area (TPSA) is 47.6 Å². The fourth-order valence-electron chi connectivity index (χ4n) is 2.98. The average Bonchev–Trinajstić information content (AvgIpc) is 2.55. The summed E-state index contributed by atoms with van der Waals surface area (Å²) in [6.45, 7) is 0. The molecule has 2 aromatic carbocycles. The highest BCUT2D eigenvalue weighted by Crippen LogP contribution is 2.48. The first kappa shape index (κ1) is 17.1. The fourth-order valence-corrected chi connectivity index (χ4v) is 3.84. The summed E-state index contributed by atoms with van der Waals surface area (Å²) in [5, 5.41) is 2.80. The van der Waals surface area contributed by atoms with E-state index in [2.05, 4.69) is 33.9 Å². The van der Waals surface area contributed by atoms with Crippen molar-refractivity contribution in [3.63, 3.8) is 0 Å². The molecule has 126 valence electrons. The zero-order valence-electron chi connectivity index (χ0n) is 13.0. The Morgan fingerprint density at radius 3 is 2.71 bits per heavy atom. The Kier molecular flexibility index (Phi) is 4.73. The van der Waals surface area contributed by atoms with E-state index < -0.39 is 5.92 Å². The summed E-state index contributed by atoms with van der Waals surface area (Å²) >= 11 is 7.92. The lowest BCUT2D eigenvalue weighted by Gasteiger charge is -2.29. The largest absolute Gasteiger partial charge is 0.493 e. The minimum Gasteiger partial charge on any atom is -0.493 e. The van der Waals surface area contributed by atoms with E-state index in [9.17, 15) is 9.18 Å². The third-order valence-corrected chi connectivity index (χ3v) is 4.97. The smallest absolute Gasteiger partial charge is 0.225 e. The zero-order valence-corrected chi connectivity index (χ0v) is 15.5. The van der Waals surface area contributed by atoms with Gasteiger partial charge in [-0.3, -0.25) is 4.79 Å². The van der Waals surface area contributed by atoms with Crippen molar-refractivity contribution in [1.82, 2.24) is 0 Å². The summed E-state index contributed by atoms with van der Waals surface area (Å²) in [6, 6.07) is 6.36. The summed E-state index contributed by atoms with van der Waals surface area (Å²) in [4.78, 5) is 12.7. The summed E-state index contributed by atoms with van der Waals surface area (Å²) in [6.07, 6.45) is 0.128. The molecule has 1 amide bonds. The molecule has 1 aliphatic heterocycles. The van der Waals surface area contributed by atoms with Crippen molar-refractivity contribution in [3.8, 4) is 11.5 Å². The van der Waals surface area contributed by atoms with Crippen molar-refractivity contribution >= 4 is 40.2 Å². The Morgan fingerprint density at radius 2 is 2.04 bits per heavy atom. The molecule has 1 heterocycles. The number of hydrogen-bond donors (Lipinski definition) is 2. The second-order valence-corrected chi connectivity index (χ2v) is 6.76. The normalized spacial score (nSPS) is 16.4. The van der Waals surface area contributed by atoms with E-state index in [0.29, 0.717) is 33.2 Å². The first-order chi connectivity index (χ1) is 11.5. The molecule has 24 heavy (non-hydrogen) atoms. The van der Waals surface area contributed by atoms with Crippen LogP contribution in [-0.4, -0.2) is 20.1 Å². The second kappa shape index (κ2) is 6.64. The predicted octanol–water partition coefficient (Wildman–Crippen LogP) is 4.37. The van der Waals surface area contributed by atoms with Crippen molar-refractivity contribution in [3.05, 3.63) is 45.7 Å². The molecule has 1 unspecified atom stereocenters. The zero-order chi connectivity index (χ0) is 17.4. The number of fused-ring (bicyclic) bond motifs is 1. The van der Waals surface area contributed by atoms with E-state index >= 15 is 0 Å². The van der Waals surface area contributed by atoms with E-state index in [1.165, 1.54) is 20.3 Å². The van der Waals surface area contributed by atoms with Crippen molar-refractivity contribution in [2.45, 2.75) is 17.2 Å². The van der Waals surface area contributed by atoms with Crippen LogP contribution >= 0.6 is 28.6 Å². The molecule has 0 saturated heterocycles. The molecule has 3 rings (SSSR count). The summed E-state index contributed by atoms with van der Waals surface area (Å²) in [5.74, 6) is -0.107. The van der Waals surface area contributed by atoms with Gasteiger partial charge in [0.25, 0.3) is 0 Å². The van der Waals surface area contributed by atoms with Gasteiger partial charge in [0.15, 0.2) is 11.5 Å². The molecule has 2 aromatic rings. The summed E-state index contributed by atoms with van der Waals surface area (Å²) < 4.78 is 25.8. The molecular weight excluding hydrogens is 397 g/mol. The van der Waals surface area contributed by atoms with Crippen LogP contribution in [0.2, 0.25) is 0 Å². The number of nitrogens with one attached hydrogen (secondary N) is 1. The first-order valence-corrected chi connectivity index (χ1v) is 8.43. The maximum absolute atomic E-state index is 14.4. The van der Waals surface area contributed by atoms with E-state index in [-0.39, 0.29) is 18.1 Å². The number of carbonyl (C=O) groups excluding carboxylic acids is 1. The van der Waals surface area contributed by atoms with Gasteiger partial charge < -0.3 is 14.8 Å². The molecule has 1 aliphatic rings. The van der Waals surface area contributed by atoms with Gasteiger partial charge in [0, 0.05) is 34.1 Å². The SMILES string of the molecule is COc1cc2c(c(S)c1OC)C(c1cc(Br)ccc1F)CC(=O)N2. The van der Waals surface area contributed by atoms with Crippen LogP contribution in [0.4, 0.5) is 10.1 Å². The third kappa shape index (κ3) is 2.86. The Hall–Kier alpha value is -1.73. The lowest BCUT2D eigenvalue weighted by molar-refractivity contribution is -0.116. The van der Waals surface area contributed by atoms with E-state index in [0.717, 1.165) is 4.47 Å². The maximum Gasteiger partial charge on any atom is 0.225 e. The van der Waals surface area contributed by atoms with Crippen LogP contribution in [0.15, 0.2) is 33.6 Å². The monoisotopic (exact) mass is 411 g/mol. The van der Waals surface area contributed by atoms with Gasteiger partial charge in [0.05, 0.1) is 19.1 Å². The van der Waals surface area contributed by atoms with Gasteiger partial charge in [-0.25, -0.2) is 4.39 Å². The van der Waals surface area contributed by atoms with Gasteiger partial charge in [-0.1, -0.05) is 15.9 Å². The molecule has 4 nitrogen and oxygen atoms in total. The number of amides is 1. The number of carbonyl (C=O) groups is 1. The van der Waals surface area contributed by atoms with Gasteiger partial charge >= 0.3 is 0 Å². The van der Waals surface area contributed by atoms with Crippen molar-refractivity contribution in [2.24, 2.45) is 0 Å². The van der Waals surface area contributed by atoms with E-state index in [4.69, 9.17) is 9.47 Å². The standard InChI is InChI=1S/C17H15BrFNO3S/c1-22-13-7-12-15(17(24)16(13)23-2)10(6-14(21)20-12)9-5-8(18)3-4-11(9)19/h3-5,7,10,24H,6H2,1-2H3,(H,20,21). The van der Waals surface area contributed by atoms with Gasteiger partial charge in [0.2, 0.25) is 5.91 Å². The number of halogens is 2. The minimum absolute atomic E-state index is 0.128. The molecule has 0 radical (unpaired) electrons. The number of methoxy groups -OCH3 is 2. The Labute approximate surface area is 152 Å². The number of benzene rings is 2. The van der Waals surface area contributed by atoms with Crippen LogP contribution in [0.5, 0.6) is 11.5 Å². The molecule has 0 saturated carbocycles. The van der Waals surface area contributed by atoms with Crippen molar-refractivity contribution in [1.29, 1.82) is 0 Å². The number of ether oxygens (including phenoxy) is 2. The highest BCUT2D eigenvalue weighted by Gasteiger charge is 2.33. The molecule has 7 heteroatoms. The average molecular weight is 412 g/mol. The first-order valence-electron chi connectivity index (χ1n) is 7.18. The molecule has 0 fully saturated rings. The van der Waals surface area contributed by atoms with Crippen LogP contribution in [0.25, 0.3) is 0 Å². The van der Waals surface area contributed by atoms with Gasteiger partial charge in [0.1, 0.15) is 5.82 Å². The van der Waals surface area contributed by atoms with Gasteiger partial charge in [-0.05, 0) is 23.8 Å². The highest BCUT2D eigenvalue weighted by molar-refractivity contribution is 9.10. The maximum atomic E-state index is 14.4. The van der Waals surface area contributed by atoms with Crippen molar-refractivity contribution < 1.29 is 18.7 Å². The van der Waals surface area contributed by atoms with Crippen LogP contribution < -0.4 is 14.8 Å². The van der Waals surface area contributed by atoms with Gasteiger partial charge in [-0.2, -0.15) is 0 Å². The summed E-state index contributed by atoms with van der Waals surface area (Å²) in [7, 11) is 3.02. The minimum atomic E-state index is -0.460. The Morgan fingerprint density at radius 1 is 1.29 bits per heavy atom. The quantitative estimate of drug-likeness (QED) is 0.737. The molecule has 0 bridgehead atoms. The lowest BCUT2D eigenvalue weighted by atomic mass is 9.84. The lowest BCUT2D eigenvalue weighted by Crippen LogP contribution is -2.25. The number of thiol groups is 1. The van der Waals surface area contributed by atoms with Crippen LogP contribution in [-0.2, 0) is 4.79 Å². The van der Waals surface area contributed by atoms with E-state index in [1.54, 1.807) is 18.2 Å². The number of rotatable bonds is 3.